The minimum atomic E-state index is -4.48. The topological polar surface area (TPSA) is 29.1 Å². The number of hydrogen-bond acceptors (Lipinski definition) is 1. The Morgan fingerprint density at radius 1 is 1.38 bits per heavy atom. The van der Waals surface area contributed by atoms with Crippen molar-refractivity contribution >= 4 is 21.8 Å². The molecule has 6 heteroatoms. The Morgan fingerprint density at radius 3 is 2.52 bits per heavy atom. The molecule has 1 aromatic rings. The van der Waals surface area contributed by atoms with E-state index < -0.39 is 17.6 Å². The van der Waals surface area contributed by atoms with Crippen LogP contribution in [0.4, 0.5) is 13.2 Å². The quantitative estimate of drug-likeness (QED) is 0.819. The fourth-order valence-electron chi connectivity index (χ4n) is 2.59. The van der Waals surface area contributed by atoms with Crippen LogP contribution in [0.5, 0.6) is 0 Å². The van der Waals surface area contributed by atoms with Crippen LogP contribution >= 0.6 is 15.9 Å². The molecule has 1 N–H and O–H groups in total. The lowest BCUT2D eigenvalue weighted by molar-refractivity contribution is -0.138. The molecule has 21 heavy (non-hydrogen) atoms. The number of carbonyl (C=O) groups is 1. The SMILES string of the molecule is CCC1(CNC(=O)c2ccc(Br)c(C(F)(F)F)c2)CCC1. The first-order chi connectivity index (χ1) is 9.77. The third-order valence-corrected chi connectivity index (χ3v) is 5.01. The molecule has 0 unspecified atom stereocenters. The molecule has 0 aliphatic heterocycles. The van der Waals surface area contributed by atoms with Crippen molar-refractivity contribution in [3.63, 3.8) is 0 Å². The van der Waals surface area contributed by atoms with Gasteiger partial charge >= 0.3 is 6.18 Å². The van der Waals surface area contributed by atoms with Crippen molar-refractivity contribution in [2.75, 3.05) is 6.54 Å². The van der Waals surface area contributed by atoms with Crippen molar-refractivity contribution in [1.82, 2.24) is 5.32 Å². The number of hydrogen-bond donors (Lipinski definition) is 1. The molecule has 0 aromatic heterocycles. The first-order valence-electron chi connectivity index (χ1n) is 6.92. The lowest BCUT2D eigenvalue weighted by Crippen LogP contribution is -2.41. The summed E-state index contributed by atoms with van der Waals surface area (Å²) in [6.45, 7) is 2.60. The second kappa shape index (κ2) is 5.99. The first kappa shape index (κ1) is 16.3. The Labute approximate surface area is 130 Å². The summed E-state index contributed by atoms with van der Waals surface area (Å²) in [6.07, 6.45) is -0.217. The van der Waals surface area contributed by atoms with Crippen molar-refractivity contribution in [2.45, 2.75) is 38.8 Å². The number of nitrogens with one attached hydrogen (secondary N) is 1. The minimum Gasteiger partial charge on any atom is -0.351 e. The van der Waals surface area contributed by atoms with Gasteiger partial charge in [-0.2, -0.15) is 13.2 Å². The molecular weight excluding hydrogens is 347 g/mol. The fourth-order valence-corrected chi connectivity index (χ4v) is 3.06. The van der Waals surface area contributed by atoms with Crippen LogP contribution in [0.1, 0.15) is 48.5 Å². The summed E-state index contributed by atoms with van der Waals surface area (Å²) in [5.74, 6) is -0.451. The predicted octanol–water partition coefficient (Wildman–Crippen LogP) is 4.78. The largest absolute Gasteiger partial charge is 0.417 e. The van der Waals surface area contributed by atoms with Gasteiger partial charge in [-0.05, 0) is 42.9 Å². The van der Waals surface area contributed by atoms with Gasteiger partial charge in [0.1, 0.15) is 0 Å². The first-order valence-corrected chi connectivity index (χ1v) is 7.72. The summed E-state index contributed by atoms with van der Waals surface area (Å²) in [7, 11) is 0. The molecule has 1 saturated carbocycles. The van der Waals surface area contributed by atoms with Gasteiger partial charge in [0, 0.05) is 16.6 Å². The standard InChI is InChI=1S/C15H17BrF3NO/c1-2-14(6-3-7-14)9-20-13(21)10-4-5-12(16)11(8-10)15(17,18)19/h4-5,8H,2-3,6-7,9H2,1H3,(H,20,21). The van der Waals surface area contributed by atoms with Gasteiger partial charge in [0.15, 0.2) is 0 Å². The van der Waals surface area contributed by atoms with E-state index >= 15 is 0 Å². The third-order valence-electron chi connectivity index (χ3n) is 4.32. The molecule has 2 nitrogen and oxygen atoms in total. The van der Waals surface area contributed by atoms with Crippen molar-refractivity contribution in [2.24, 2.45) is 5.41 Å². The predicted molar refractivity (Wildman–Crippen MR) is 78.1 cm³/mol. The van der Waals surface area contributed by atoms with Crippen molar-refractivity contribution in [3.05, 3.63) is 33.8 Å². The molecule has 1 aromatic carbocycles. The number of rotatable bonds is 4. The van der Waals surface area contributed by atoms with Gasteiger partial charge < -0.3 is 5.32 Å². The molecule has 1 fully saturated rings. The van der Waals surface area contributed by atoms with Gasteiger partial charge in [0.25, 0.3) is 5.91 Å². The van der Waals surface area contributed by atoms with Crippen LogP contribution in [0.15, 0.2) is 22.7 Å². The maximum atomic E-state index is 12.8. The number of amides is 1. The summed E-state index contributed by atoms with van der Waals surface area (Å²) in [6, 6.07) is 3.55. The monoisotopic (exact) mass is 363 g/mol. The van der Waals surface area contributed by atoms with E-state index in [0.717, 1.165) is 31.7 Å². The smallest absolute Gasteiger partial charge is 0.351 e. The minimum absolute atomic E-state index is 0.0381. The number of halogens is 4. The van der Waals surface area contributed by atoms with E-state index in [1.807, 2.05) is 0 Å². The van der Waals surface area contributed by atoms with Crippen LogP contribution in [-0.2, 0) is 6.18 Å². The summed E-state index contributed by atoms with van der Waals surface area (Å²) in [5, 5.41) is 2.77. The van der Waals surface area contributed by atoms with Gasteiger partial charge in [-0.25, -0.2) is 0 Å². The van der Waals surface area contributed by atoms with Crippen molar-refractivity contribution in [3.8, 4) is 0 Å². The maximum absolute atomic E-state index is 12.8. The Balaban J connectivity index is 2.09. The Hall–Kier alpha value is -1.04. The molecule has 2 rings (SSSR count). The van der Waals surface area contributed by atoms with Gasteiger partial charge in [-0.3, -0.25) is 4.79 Å². The third kappa shape index (κ3) is 3.59. The van der Waals surface area contributed by atoms with Gasteiger partial charge in [-0.1, -0.05) is 29.3 Å². The highest BCUT2D eigenvalue weighted by Gasteiger charge is 2.36. The second-order valence-corrected chi connectivity index (χ2v) is 6.44. The Bertz CT molecular complexity index is 533. The Kier molecular flexibility index (Phi) is 4.66. The maximum Gasteiger partial charge on any atom is 0.417 e. The normalized spacial score (nSPS) is 17.2. The fraction of sp³-hybridized carbons (Fsp3) is 0.533. The molecule has 0 saturated heterocycles. The highest BCUT2D eigenvalue weighted by molar-refractivity contribution is 9.10. The molecule has 116 valence electrons. The average Bonchev–Trinajstić information content (AvgIpc) is 2.37. The second-order valence-electron chi connectivity index (χ2n) is 5.58. The zero-order valence-electron chi connectivity index (χ0n) is 11.7. The molecular formula is C15H17BrF3NO. The number of alkyl halides is 3. The van der Waals surface area contributed by atoms with E-state index in [1.54, 1.807) is 0 Å². The number of carbonyl (C=O) groups excluding carboxylic acids is 1. The summed E-state index contributed by atoms with van der Waals surface area (Å²) < 4.78 is 38.4. The van der Waals surface area contributed by atoms with Crippen LogP contribution < -0.4 is 5.32 Å². The van der Waals surface area contributed by atoms with Crippen LogP contribution in [0, 0.1) is 5.41 Å². The lowest BCUT2D eigenvalue weighted by Gasteiger charge is -2.41. The molecule has 1 aliphatic carbocycles. The Morgan fingerprint density at radius 2 is 2.05 bits per heavy atom. The van der Waals surface area contributed by atoms with E-state index in [4.69, 9.17) is 0 Å². The molecule has 1 aliphatic rings. The highest BCUT2D eigenvalue weighted by Crippen LogP contribution is 2.43. The molecule has 0 radical (unpaired) electrons. The molecule has 0 atom stereocenters. The molecule has 1 amide bonds. The van der Waals surface area contributed by atoms with E-state index in [1.165, 1.54) is 12.1 Å². The summed E-state index contributed by atoms with van der Waals surface area (Å²) in [4.78, 5) is 12.0. The molecule has 0 spiro atoms. The molecule has 0 heterocycles. The molecule has 0 bridgehead atoms. The van der Waals surface area contributed by atoms with Crippen LogP contribution in [-0.4, -0.2) is 12.5 Å². The number of benzene rings is 1. The van der Waals surface area contributed by atoms with Gasteiger partial charge in [0.2, 0.25) is 0 Å². The van der Waals surface area contributed by atoms with E-state index in [2.05, 4.69) is 28.2 Å². The van der Waals surface area contributed by atoms with Gasteiger partial charge in [0.05, 0.1) is 5.56 Å². The highest BCUT2D eigenvalue weighted by atomic mass is 79.9. The van der Waals surface area contributed by atoms with E-state index in [-0.39, 0.29) is 15.5 Å². The van der Waals surface area contributed by atoms with E-state index in [9.17, 15) is 18.0 Å². The van der Waals surface area contributed by atoms with Crippen molar-refractivity contribution < 1.29 is 18.0 Å². The zero-order valence-corrected chi connectivity index (χ0v) is 13.3. The average molecular weight is 364 g/mol. The van der Waals surface area contributed by atoms with E-state index in [0.29, 0.717) is 6.54 Å². The van der Waals surface area contributed by atoms with Crippen LogP contribution in [0.3, 0.4) is 0 Å². The summed E-state index contributed by atoms with van der Waals surface area (Å²) >= 11 is 2.87. The van der Waals surface area contributed by atoms with Crippen molar-refractivity contribution in [1.29, 1.82) is 0 Å². The van der Waals surface area contributed by atoms with Gasteiger partial charge in [-0.15, -0.1) is 0 Å². The zero-order chi connectivity index (χ0) is 15.7. The lowest BCUT2D eigenvalue weighted by atomic mass is 9.67. The van der Waals surface area contributed by atoms with Crippen LogP contribution in [0.2, 0.25) is 0 Å². The summed E-state index contributed by atoms with van der Waals surface area (Å²) in [5.41, 5.74) is -0.655. The van der Waals surface area contributed by atoms with Crippen LogP contribution in [0.25, 0.3) is 0 Å².